The van der Waals surface area contributed by atoms with Gasteiger partial charge in [0.2, 0.25) is 0 Å². The largest absolute Gasteiger partial charge is 0.486 e. The quantitative estimate of drug-likeness (QED) is 0.894. The molecule has 1 N–H and O–H groups in total. The van der Waals surface area contributed by atoms with Crippen LogP contribution in [-0.2, 0) is 4.74 Å². The van der Waals surface area contributed by atoms with Crippen molar-refractivity contribution in [2.45, 2.75) is 45.3 Å². The molecular weight excluding hydrogens is 336 g/mol. The van der Waals surface area contributed by atoms with E-state index in [1.807, 2.05) is 20.8 Å². The number of amides is 2. The molecule has 2 aliphatic heterocycles. The van der Waals surface area contributed by atoms with Gasteiger partial charge in [0.25, 0.3) is 5.91 Å². The zero-order valence-electron chi connectivity index (χ0n) is 15.5. The van der Waals surface area contributed by atoms with Gasteiger partial charge in [-0.15, -0.1) is 0 Å². The lowest BCUT2D eigenvalue weighted by atomic mass is 10.1. The highest BCUT2D eigenvalue weighted by atomic mass is 16.6. The summed E-state index contributed by atoms with van der Waals surface area (Å²) in [5.41, 5.74) is -0.0857. The third-order valence-corrected chi connectivity index (χ3v) is 4.31. The van der Waals surface area contributed by atoms with Gasteiger partial charge in [0, 0.05) is 13.1 Å². The minimum atomic E-state index is -0.534. The number of hydrogen-bond acceptors (Lipinski definition) is 5. The van der Waals surface area contributed by atoms with E-state index >= 15 is 0 Å². The Hall–Kier alpha value is -2.44. The maximum atomic E-state index is 12.6. The molecule has 0 bridgehead atoms. The Morgan fingerprint density at radius 2 is 2.04 bits per heavy atom. The Morgan fingerprint density at radius 1 is 1.27 bits per heavy atom. The Morgan fingerprint density at radius 3 is 2.81 bits per heavy atom. The van der Waals surface area contributed by atoms with Crippen molar-refractivity contribution >= 4 is 12.0 Å². The molecule has 0 aliphatic carbocycles. The van der Waals surface area contributed by atoms with Gasteiger partial charge in [0.05, 0.1) is 11.6 Å². The van der Waals surface area contributed by atoms with Crippen molar-refractivity contribution in [3.63, 3.8) is 0 Å². The number of benzene rings is 1. The molecule has 1 atom stereocenters. The van der Waals surface area contributed by atoms with Crippen LogP contribution in [0.4, 0.5) is 4.79 Å². The number of ether oxygens (including phenoxy) is 3. The van der Waals surface area contributed by atoms with Gasteiger partial charge in [-0.2, -0.15) is 0 Å². The van der Waals surface area contributed by atoms with Gasteiger partial charge in [-0.1, -0.05) is 6.07 Å². The molecule has 1 aromatic carbocycles. The van der Waals surface area contributed by atoms with E-state index in [0.29, 0.717) is 43.4 Å². The van der Waals surface area contributed by atoms with Crippen LogP contribution in [-0.4, -0.2) is 54.8 Å². The van der Waals surface area contributed by atoms with Crippen molar-refractivity contribution in [3.05, 3.63) is 23.8 Å². The van der Waals surface area contributed by atoms with Crippen LogP contribution in [0.25, 0.3) is 0 Å². The summed E-state index contributed by atoms with van der Waals surface area (Å²) in [6.45, 7) is 7.46. The molecule has 0 saturated carbocycles. The molecule has 7 heteroatoms. The first-order valence-electron chi connectivity index (χ1n) is 9.01. The summed E-state index contributed by atoms with van der Waals surface area (Å²) in [6, 6.07) is 5.20. The maximum Gasteiger partial charge on any atom is 0.410 e. The number of rotatable bonds is 3. The lowest BCUT2D eigenvalue weighted by molar-refractivity contribution is 0.0225. The van der Waals surface area contributed by atoms with Crippen LogP contribution in [0.2, 0.25) is 0 Å². The Labute approximate surface area is 153 Å². The monoisotopic (exact) mass is 362 g/mol. The summed E-state index contributed by atoms with van der Waals surface area (Å²) in [5.74, 6) is 0.829. The summed E-state index contributed by atoms with van der Waals surface area (Å²) in [6.07, 6.45) is 1.41. The zero-order chi connectivity index (χ0) is 18.7. The van der Waals surface area contributed by atoms with Crippen LogP contribution in [0.15, 0.2) is 18.2 Å². The minimum Gasteiger partial charge on any atom is -0.486 e. The molecule has 142 valence electrons. The molecule has 0 radical (unpaired) electrons. The molecule has 0 aromatic heterocycles. The topological polar surface area (TPSA) is 77.1 Å². The zero-order valence-corrected chi connectivity index (χ0v) is 15.5. The van der Waals surface area contributed by atoms with Crippen molar-refractivity contribution in [2.24, 2.45) is 0 Å². The van der Waals surface area contributed by atoms with E-state index < -0.39 is 5.60 Å². The first-order valence-corrected chi connectivity index (χ1v) is 9.01. The standard InChI is InChI=1S/C19H26N2O5/c1-19(2,3)26-18(23)21-9-5-6-13(21)12-20-17(22)14-7-4-8-15-16(14)25-11-10-24-15/h4,7-8,13H,5-6,9-12H2,1-3H3,(H,20,22). The van der Waals surface area contributed by atoms with Gasteiger partial charge in [-0.3, -0.25) is 4.79 Å². The van der Waals surface area contributed by atoms with Gasteiger partial charge in [0.1, 0.15) is 18.8 Å². The van der Waals surface area contributed by atoms with Crippen molar-refractivity contribution in [2.75, 3.05) is 26.3 Å². The van der Waals surface area contributed by atoms with Crippen molar-refractivity contribution < 1.29 is 23.8 Å². The smallest absolute Gasteiger partial charge is 0.410 e. The fraction of sp³-hybridized carbons (Fsp3) is 0.579. The normalized spacial score (nSPS) is 19.2. The van der Waals surface area contributed by atoms with Crippen LogP contribution in [0.1, 0.15) is 44.0 Å². The molecule has 1 saturated heterocycles. The molecule has 3 rings (SSSR count). The van der Waals surface area contributed by atoms with E-state index in [1.165, 1.54) is 0 Å². The van der Waals surface area contributed by atoms with Gasteiger partial charge in [0.15, 0.2) is 11.5 Å². The highest BCUT2D eigenvalue weighted by molar-refractivity contribution is 5.97. The predicted octanol–water partition coefficient (Wildman–Crippen LogP) is 2.59. The molecule has 0 spiro atoms. The summed E-state index contributed by atoms with van der Waals surface area (Å²) >= 11 is 0. The molecular formula is C19H26N2O5. The van der Waals surface area contributed by atoms with E-state index in [2.05, 4.69) is 5.32 Å². The van der Waals surface area contributed by atoms with E-state index in [9.17, 15) is 9.59 Å². The summed E-state index contributed by atoms with van der Waals surface area (Å²) in [7, 11) is 0. The van der Waals surface area contributed by atoms with Crippen LogP contribution < -0.4 is 14.8 Å². The number of nitrogens with zero attached hydrogens (tertiary/aromatic N) is 1. The third kappa shape index (κ3) is 4.20. The number of carbonyl (C=O) groups is 2. The van der Waals surface area contributed by atoms with Crippen molar-refractivity contribution in [3.8, 4) is 11.5 Å². The summed E-state index contributed by atoms with van der Waals surface area (Å²) in [5, 5.41) is 2.91. The average Bonchev–Trinajstić information content (AvgIpc) is 3.06. The molecule has 1 unspecified atom stereocenters. The first kappa shape index (κ1) is 18.4. The van der Waals surface area contributed by atoms with E-state index in [-0.39, 0.29) is 18.0 Å². The summed E-state index contributed by atoms with van der Waals surface area (Å²) in [4.78, 5) is 26.6. The molecule has 1 fully saturated rings. The Bertz CT molecular complexity index is 683. The molecule has 2 amide bonds. The lowest BCUT2D eigenvalue weighted by Gasteiger charge is -2.28. The van der Waals surface area contributed by atoms with Crippen LogP contribution in [0.5, 0.6) is 11.5 Å². The van der Waals surface area contributed by atoms with Crippen LogP contribution in [0.3, 0.4) is 0 Å². The minimum absolute atomic E-state index is 0.0643. The second-order valence-electron chi connectivity index (χ2n) is 7.51. The van der Waals surface area contributed by atoms with Crippen molar-refractivity contribution in [1.82, 2.24) is 10.2 Å². The third-order valence-electron chi connectivity index (χ3n) is 4.31. The second-order valence-corrected chi connectivity index (χ2v) is 7.51. The maximum absolute atomic E-state index is 12.6. The molecule has 7 nitrogen and oxygen atoms in total. The first-order chi connectivity index (χ1) is 12.3. The number of fused-ring (bicyclic) bond motifs is 1. The SMILES string of the molecule is CC(C)(C)OC(=O)N1CCCC1CNC(=O)c1cccc2c1OCCO2. The Balaban J connectivity index is 1.62. The number of likely N-dealkylation sites (tertiary alicyclic amines) is 1. The van der Waals surface area contributed by atoms with E-state index in [4.69, 9.17) is 14.2 Å². The van der Waals surface area contributed by atoms with Crippen molar-refractivity contribution in [1.29, 1.82) is 0 Å². The highest BCUT2D eigenvalue weighted by Crippen LogP contribution is 2.33. The highest BCUT2D eigenvalue weighted by Gasteiger charge is 2.32. The van der Waals surface area contributed by atoms with Gasteiger partial charge < -0.3 is 24.4 Å². The van der Waals surface area contributed by atoms with Gasteiger partial charge >= 0.3 is 6.09 Å². The van der Waals surface area contributed by atoms with E-state index in [0.717, 1.165) is 12.8 Å². The fourth-order valence-corrected chi connectivity index (χ4v) is 3.17. The van der Waals surface area contributed by atoms with Gasteiger partial charge in [-0.05, 0) is 45.7 Å². The molecule has 2 aliphatic rings. The Kier molecular flexibility index (Phi) is 5.25. The molecule has 26 heavy (non-hydrogen) atoms. The van der Waals surface area contributed by atoms with Crippen LogP contribution >= 0.6 is 0 Å². The fourth-order valence-electron chi connectivity index (χ4n) is 3.17. The van der Waals surface area contributed by atoms with Crippen LogP contribution in [0, 0.1) is 0 Å². The number of hydrogen-bond donors (Lipinski definition) is 1. The average molecular weight is 362 g/mol. The summed E-state index contributed by atoms with van der Waals surface area (Å²) < 4.78 is 16.6. The molecule has 1 aromatic rings. The number of para-hydroxylation sites is 1. The molecule has 2 heterocycles. The number of carbonyl (C=O) groups excluding carboxylic acids is 2. The number of nitrogens with one attached hydrogen (secondary N) is 1. The lowest BCUT2D eigenvalue weighted by Crippen LogP contribution is -2.45. The van der Waals surface area contributed by atoms with E-state index in [1.54, 1.807) is 23.1 Å². The predicted molar refractivity (Wildman–Crippen MR) is 95.7 cm³/mol. The van der Waals surface area contributed by atoms with Gasteiger partial charge in [-0.25, -0.2) is 4.79 Å². The second kappa shape index (κ2) is 7.43.